The summed E-state index contributed by atoms with van der Waals surface area (Å²) >= 11 is 3.49. The maximum absolute atomic E-state index is 3.49. The molecule has 0 fully saturated rings. The molecule has 0 radical (unpaired) electrons. The Kier molecular flexibility index (Phi) is 6.28. The average Bonchev–Trinajstić information content (AvgIpc) is 2.28. The molecule has 92 valence electrons. The van der Waals surface area contributed by atoms with Crippen molar-refractivity contribution in [1.29, 1.82) is 0 Å². The van der Waals surface area contributed by atoms with Crippen LogP contribution < -0.4 is 0 Å². The Morgan fingerprint density at radius 3 is 2.65 bits per heavy atom. The zero-order valence-corrected chi connectivity index (χ0v) is 12.5. The van der Waals surface area contributed by atoms with Gasteiger partial charge in [0.25, 0.3) is 0 Å². The van der Waals surface area contributed by atoms with Crippen molar-refractivity contribution in [1.82, 2.24) is 0 Å². The van der Waals surface area contributed by atoms with Gasteiger partial charge in [-0.15, -0.1) is 0 Å². The molecule has 0 heterocycles. The molecule has 1 heteroatoms. The van der Waals surface area contributed by atoms with E-state index in [2.05, 4.69) is 73.1 Å². The lowest BCUT2D eigenvalue weighted by Crippen LogP contribution is -1.81. The first-order valence-corrected chi connectivity index (χ1v) is 7.19. The van der Waals surface area contributed by atoms with Gasteiger partial charge in [0.05, 0.1) is 0 Å². The molecule has 1 aromatic carbocycles. The first-order chi connectivity index (χ1) is 8.11. The van der Waals surface area contributed by atoms with Gasteiger partial charge in [-0.25, -0.2) is 0 Å². The molecule has 0 N–H and O–H groups in total. The van der Waals surface area contributed by atoms with E-state index in [1.165, 1.54) is 22.3 Å². The van der Waals surface area contributed by atoms with Crippen molar-refractivity contribution in [2.75, 3.05) is 0 Å². The van der Waals surface area contributed by atoms with Crippen LogP contribution in [-0.4, -0.2) is 0 Å². The summed E-state index contributed by atoms with van der Waals surface area (Å²) in [4.78, 5) is 0. The van der Waals surface area contributed by atoms with Crippen molar-refractivity contribution < 1.29 is 0 Å². The molecule has 1 rings (SSSR count). The van der Waals surface area contributed by atoms with Gasteiger partial charge >= 0.3 is 0 Å². The van der Waals surface area contributed by atoms with E-state index in [0.29, 0.717) is 0 Å². The lowest BCUT2D eigenvalue weighted by molar-refractivity contribution is 0.975. The third-order valence-corrected chi connectivity index (χ3v) is 3.26. The Morgan fingerprint density at radius 2 is 2.00 bits per heavy atom. The Bertz CT molecular complexity index is 409. The van der Waals surface area contributed by atoms with Crippen molar-refractivity contribution in [3.8, 4) is 0 Å². The van der Waals surface area contributed by atoms with Gasteiger partial charge in [-0.2, -0.15) is 0 Å². The van der Waals surface area contributed by atoms with Crippen molar-refractivity contribution >= 4 is 22.0 Å². The molecule has 0 aliphatic rings. The molecule has 0 aliphatic carbocycles. The summed E-state index contributed by atoms with van der Waals surface area (Å²) in [6, 6.07) is 8.66. The summed E-state index contributed by atoms with van der Waals surface area (Å²) in [7, 11) is 0. The Hall–Kier alpha value is -0.820. The average molecular weight is 293 g/mol. The van der Waals surface area contributed by atoms with Gasteiger partial charge in [0.15, 0.2) is 0 Å². The minimum absolute atomic E-state index is 0.922. The summed E-state index contributed by atoms with van der Waals surface area (Å²) in [6.45, 7) is 6.51. The molecule has 0 spiro atoms. The topological polar surface area (TPSA) is 0 Å². The van der Waals surface area contributed by atoms with Crippen molar-refractivity contribution in [3.05, 3.63) is 52.6 Å². The number of hydrogen-bond donors (Lipinski definition) is 0. The highest BCUT2D eigenvalue weighted by Gasteiger charge is 1.94. The predicted molar refractivity (Wildman–Crippen MR) is 81.4 cm³/mol. The Balaban J connectivity index is 2.63. The Morgan fingerprint density at radius 1 is 1.24 bits per heavy atom. The summed E-state index contributed by atoms with van der Waals surface area (Å²) in [5.74, 6) is 0. The Labute approximate surface area is 114 Å². The summed E-state index contributed by atoms with van der Waals surface area (Å²) < 4.78 is 0. The van der Waals surface area contributed by atoms with Crippen molar-refractivity contribution in [2.45, 2.75) is 38.9 Å². The van der Waals surface area contributed by atoms with Crippen LogP contribution in [0.25, 0.3) is 6.08 Å². The lowest BCUT2D eigenvalue weighted by atomic mass is 10.1. The van der Waals surface area contributed by atoms with Gasteiger partial charge in [-0.1, -0.05) is 63.5 Å². The molecule has 0 unspecified atom stereocenters. The number of benzene rings is 1. The highest BCUT2D eigenvalue weighted by Crippen LogP contribution is 2.15. The molecule has 0 aliphatic heterocycles. The molecule has 17 heavy (non-hydrogen) atoms. The number of alkyl halides is 1. The number of allylic oxidation sites excluding steroid dienone is 3. The number of hydrogen-bond acceptors (Lipinski definition) is 0. The summed E-state index contributed by atoms with van der Waals surface area (Å²) in [5, 5.41) is 0.922. The normalized spacial score (nSPS) is 11.4. The van der Waals surface area contributed by atoms with Gasteiger partial charge in [0, 0.05) is 5.33 Å². The number of rotatable bonds is 5. The zero-order chi connectivity index (χ0) is 12.7. The number of halogens is 1. The second-order valence-corrected chi connectivity index (χ2v) is 5.25. The van der Waals surface area contributed by atoms with E-state index in [4.69, 9.17) is 0 Å². The standard InChI is InChI=1S/C16H21Br/c1-13(2)6-4-7-14(3)10-15-8-5-9-16(11-15)12-17/h5-6,8-11H,4,7,12H2,1-3H3. The quantitative estimate of drug-likeness (QED) is 0.480. The fourth-order valence-corrected chi connectivity index (χ4v) is 2.06. The molecule has 0 aromatic heterocycles. The van der Waals surface area contributed by atoms with Crippen LogP contribution in [0.15, 0.2) is 41.5 Å². The zero-order valence-electron chi connectivity index (χ0n) is 11.0. The van der Waals surface area contributed by atoms with E-state index in [9.17, 15) is 0 Å². The first kappa shape index (κ1) is 14.2. The second-order valence-electron chi connectivity index (χ2n) is 4.69. The van der Waals surface area contributed by atoms with Crippen LogP contribution in [0.1, 0.15) is 44.7 Å². The molecule has 0 amide bonds. The largest absolute Gasteiger partial charge is 0.0876 e. The van der Waals surface area contributed by atoms with Crippen LogP contribution in [-0.2, 0) is 5.33 Å². The maximum atomic E-state index is 3.49. The van der Waals surface area contributed by atoms with Crippen molar-refractivity contribution in [3.63, 3.8) is 0 Å². The molecular weight excluding hydrogens is 272 g/mol. The van der Waals surface area contributed by atoms with Gasteiger partial charge in [0.2, 0.25) is 0 Å². The summed E-state index contributed by atoms with van der Waals surface area (Å²) in [5.41, 5.74) is 5.47. The molecule has 0 saturated carbocycles. The van der Waals surface area contributed by atoms with E-state index in [0.717, 1.165) is 18.2 Å². The van der Waals surface area contributed by atoms with E-state index in [-0.39, 0.29) is 0 Å². The van der Waals surface area contributed by atoms with Gasteiger partial charge < -0.3 is 0 Å². The van der Waals surface area contributed by atoms with E-state index >= 15 is 0 Å². The highest BCUT2D eigenvalue weighted by molar-refractivity contribution is 9.08. The summed E-state index contributed by atoms with van der Waals surface area (Å²) in [6.07, 6.45) is 6.86. The fraction of sp³-hybridized carbons (Fsp3) is 0.375. The van der Waals surface area contributed by atoms with Crippen LogP contribution in [0.4, 0.5) is 0 Å². The maximum Gasteiger partial charge on any atom is 0.0283 e. The molecule has 1 aromatic rings. The monoisotopic (exact) mass is 292 g/mol. The molecule has 0 bridgehead atoms. The fourth-order valence-electron chi connectivity index (χ4n) is 1.71. The highest BCUT2D eigenvalue weighted by atomic mass is 79.9. The van der Waals surface area contributed by atoms with E-state index in [1.807, 2.05) is 0 Å². The smallest absolute Gasteiger partial charge is 0.0283 e. The minimum Gasteiger partial charge on any atom is -0.0876 e. The van der Waals surface area contributed by atoms with Gasteiger partial charge in [-0.05, 0) is 44.7 Å². The minimum atomic E-state index is 0.922. The predicted octanol–water partition coefficient (Wildman–Crippen LogP) is 5.73. The van der Waals surface area contributed by atoms with Crippen LogP contribution in [0, 0.1) is 0 Å². The molecule has 0 nitrogen and oxygen atoms in total. The van der Waals surface area contributed by atoms with E-state index in [1.54, 1.807) is 0 Å². The van der Waals surface area contributed by atoms with E-state index < -0.39 is 0 Å². The first-order valence-electron chi connectivity index (χ1n) is 6.07. The van der Waals surface area contributed by atoms with Crippen LogP contribution >= 0.6 is 15.9 Å². The third kappa shape index (κ3) is 5.88. The van der Waals surface area contributed by atoms with Crippen LogP contribution in [0.5, 0.6) is 0 Å². The third-order valence-electron chi connectivity index (χ3n) is 2.61. The van der Waals surface area contributed by atoms with Crippen molar-refractivity contribution in [2.24, 2.45) is 0 Å². The molecule has 0 saturated heterocycles. The van der Waals surface area contributed by atoms with Gasteiger partial charge in [-0.3, -0.25) is 0 Å². The van der Waals surface area contributed by atoms with Gasteiger partial charge in [0.1, 0.15) is 0 Å². The SMILES string of the molecule is CC(C)=CCCC(C)=Cc1cccc(CBr)c1. The lowest BCUT2D eigenvalue weighted by Gasteiger charge is -2.01. The molecular formula is C16H21Br. The van der Waals surface area contributed by atoms with Crippen LogP contribution in [0.2, 0.25) is 0 Å². The second kappa shape index (κ2) is 7.50. The van der Waals surface area contributed by atoms with Crippen LogP contribution in [0.3, 0.4) is 0 Å². The molecule has 0 atom stereocenters.